The van der Waals surface area contributed by atoms with Crippen LogP contribution in [0.15, 0.2) is 297 Å². The predicted octanol–water partition coefficient (Wildman–Crippen LogP) is 26.1. The number of nitrogens with zero attached hydrogens (tertiary/aromatic N) is 14. The fourth-order valence-electron chi connectivity index (χ4n) is 15.1. The highest BCUT2D eigenvalue weighted by atomic mass is 32.1. The number of imidazole rings is 4. The van der Waals surface area contributed by atoms with Gasteiger partial charge in [-0.25, -0.2) is 19.9 Å². The summed E-state index contributed by atoms with van der Waals surface area (Å²) >= 11 is 1.66. The number of nitrogens with one attached hydrogen (secondary N) is 4. The molecule has 0 fully saturated rings. The van der Waals surface area contributed by atoms with Crippen LogP contribution in [0, 0.1) is 20.8 Å². The van der Waals surface area contributed by atoms with Gasteiger partial charge in [-0.3, -0.25) is 0 Å². The summed E-state index contributed by atoms with van der Waals surface area (Å²) in [6, 6.07) is 72.4. The van der Waals surface area contributed by atoms with Crippen LogP contribution in [-0.4, -0.2) is 117 Å². The third kappa shape index (κ3) is 19.3. The second-order valence-corrected chi connectivity index (χ2v) is 31.8. The Morgan fingerprint density at radius 1 is 0.333 bits per heavy atom. The SMILES string of the molecule is CCOc1ccc(-c2nc(-c3ccc4nc(C)[nH]c4c3)no2)cc1OCC.CCOc1ccc(-c2nc(-c3cccc4[nH]cnc34)no2)cc1OCC.Cc1nc2ccc(-c3noc(-c4cc(-c5ccccc5)c(C(F)(F)F)o4)n3)cc2[nH]1.Cc1sc(-c2nc(-c3cccc4[nH]cnc34)no2)cc1-c1ccccc1.FC(F)(F)c1oc(-c2nc(-c3ccc4occc4c3)no2)cc1-c1ccccc1. The minimum Gasteiger partial charge on any atom is -0.490 e. The zero-order valence-corrected chi connectivity index (χ0v) is 74.8. The van der Waals surface area contributed by atoms with Crippen LogP contribution >= 0.6 is 11.3 Å². The Morgan fingerprint density at radius 3 is 1.20 bits per heavy atom. The Hall–Kier alpha value is -17.6. The van der Waals surface area contributed by atoms with Gasteiger partial charge in [-0.15, -0.1) is 11.3 Å². The van der Waals surface area contributed by atoms with E-state index in [1.807, 2.05) is 151 Å². The minimum atomic E-state index is -4.67. The molecule has 30 nitrogen and oxygen atoms in total. The van der Waals surface area contributed by atoms with Crippen molar-refractivity contribution in [3.8, 4) is 170 Å². The summed E-state index contributed by atoms with van der Waals surface area (Å²) < 4.78 is 146. The number of thiophene rings is 1. The molecule has 690 valence electrons. The quantitative estimate of drug-likeness (QED) is 0.0485. The van der Waals surface area contributed by atoms with Gasteiger partial charge < -0.3 is 74.8 Å². The third-order valence-electron chi connectivity index (χ3n) is 21.3. The second kappa shape index (κ2) is 38.9. The van der Waals surface area contributed by atoms with Crippen LogP contribution in [-0.2, 0) is 12.4 Å². The molecule has 4 N–H and O–H groups in total. The van der Waals surface area contributed by atoms with E-state index in [-0.39, 0.29) is 46.1 Å². The first-order valence-corrected chi connectivity index (χ1v) is 43.9. The van der Waals surface area contributed by atoms with E-state index in [2.05, 4.69) is 116 Å². The average Bonchev–Trinajstić information content (AvgIpc) is 1.64. The van der Waals surface area contributed by atoms with Crippen LogP contribution in [0.1, 0.15) is 55.7 Å². The Bertz CT molecular complexity index is 8180. The molecule has 13 aromatic heterocycles. The number of ether oxygens (including phenoxy) is 4. The highest BCUT2D eigenvalue weighted by Gasteiger charge is 2.41. The largest absolute Gasteiger partial charge is 0.490 e. The molecule has 10 aromatic carbocycles. The summed E-state index contributed by atoms with van der Waals surface area (Å²) in [4.78, 5) is 54.2. The summed E-state index contributed by atoms with van der Waals surface area (Å²) in [5, 5.41) is 21.0. The second-order valence-electron chi connectivity index (χ2n) is 30.5. The average molecular weight is 1880 g/mol. The van der Waals surface area contributed by atoms with Crippen molar-refractivity contribution in [3.63, 3.8) is 0 Å². The van der Waals surface area contributed by atoms with Crippen LogP contribution in [0.3, 0.4) is 0 Å². The Labute approximate surface area is 781 Å². The highest BCUT2D eigenvalue weighted by molar-refractivity contribution is 7.15. The lowest BCUT2D eigenvalue weighted by molar-refractivity contribution is -0.152. The zero-order chi connectivity index (χ0) is 95.1. The number of halogens is 6. The van der Waals surface area contributed by atoms with E-state index in [9.17, 15) is 26.3 Å². The van der Waals surface area contributed by atoms with Crippen molar-refractivity contribution in [1.29, 1.82) is 0 Å². The molecule has 0 spiro atoms. The number of hydrogen-bond donors (Lipinski definition) is 4. The summed E-state index contributed by atoms with van der Waals surface area (Å²) in [5.74, 6) is 4.91. The number of H-pyrrole nitrogens is 4. The van der Waals surface area contributed by atoms with Crippen molar-refractivity contribution >= 4 is 66.4 Å². The van der Waals surface area contributed by atoms with Crippen molar-refractivity contribution in [3.05, 3.63) is 290 Å². The van der Waals surface area contributed by atoms with Gasteiger partial charge >= 0.3 is 12.4 Å². The number of aryl methyl sites for hydroxylation is 3. The maximum Gasteiger partial charge on any atom is 0.450 e. The maximum absolute atomic E-state index is 13.5. The molecule has 37 heteroatoms. The summed E-state index contributed by atoms with van der Waals surface area (Å²) in [5.41, 5.74) is 15.9. The maximum atomic E-state index is 13.5. The number of aromatic amines is 4. The van der Waals surface area contributed by atoms with Crippen LogP contribution in [0.4, 0.5) is 26.3 Å². The molecule has 138 heavy (non-hydrogen) atoms. The molecule has 0 bridgehead atoms. The number of benzene rings is 10. The first-order valence-electron chi connectivity index (χ1n) is 43.1. The number of rotatable bonds is 21. The first-order chi connectivity index (χ1) is 67.1. The first kappa shape index (κ1) is 89.6. The van der Waals surface area contributed by atoms with E-state index in [0.29, 0.717) is 112 Å². The molecule has 0 unspecified atom stereocenters. The van der Waals surface area contributed by atoms with E-state index in [1.54, 1.807) is 133 Å². The highest BCUT2D eigenvalue weighted by Crippen LogP contribution is 2.46. The standard InChI is InChI=1S/C21H13F3N4O2.C21H11F3N2O3.C20H20N4O3.C20H14N4OS.C19H18N4O3/c1-11-25-15-8-7-13(9-16(15)26-11)19-27-20(30-28-19)17-10-14(12-5-3-2-4-6-12)18(29-17)21(22,23)24;22-21(23,24)18-15(12-4-2-1-3-5-12)11-17(28-18)20-25-19(26-29-20)14-6-7-16-13(10-14)8-9-27-16;1-4-25-17-9-7-14(11-18(17)26-5-2)20-23-19(24-27-20)13-6-8-15-16(10-13)22-12(3)21-15;1-12-15(13-6-3-2-4-7-13)10-17(26-12)20-23-19(24-25-20)14-8-5-9-16-18(14)22-11-21-16;1-3-24-15-9-8-12(10-16(15)25-4-2)19-22-18(23-26-19)13-6-5-7-14-17(13)21-11-20-14/h2-10H,1H3,(H,25,26);1-11H;6-11H,4-5H2,1-3H3,(H,21,22);2-11H,1H3,(H,21,22);5-11H,3-4H2,1-2H3,(H,20,21). The van der Waals surface area contributed by atoms with Crippen LogP contribution in [0.5, 0.6) is 23.0 Å². The monoisotopic (exact) mass is 1880 g/mol. The lowest BCUT2D eigenvalue weighted by atomic mass is 10.1. The molecule has 0 radical (unpaired) electrons. The number of fused-ring (bicyclic) bond motifs is 5. The van der Waals surface area contributed by atoms with Gasteiger partial charge in [-0.05, 0) is 210 Å². The molecule has 23 aromatic rings. The summed E-state index contributed by atoms with van der Waals surface area (Å²) in [6.45, 7) is 15.8. The molecule has 0 atom stereocenters. The van der Waals surface area contributed by atoms with Gasteiger partial charge in [0, 0.05) is 49.2 Å². The van der Waals surface area contributed by atoms with Crippen LogP contribution in [0.25, 0.3) is 202 Å². The minimum absolute atomic E-state index is 0.0901. The number of aromatic nitrogens is 18. The molecule has 13 heterocycles. The van der Waals surface area contributed by atoms with Gasteiger partial charge in [-0.2, -0.15) is 51.3 Å². The van der Waals surface area contributed by atoms with E-state index in [4.69, 9.17) is 54.8 Å². The molecule has 0 aliphatic heterocycles. The number of furan rings is 3. The lowest BCUT2D eigenvalue weighted by Gasteiger charge is -2.11. The summed E-state index contributed by atoms with van der Waals surface area (Å²) in [7, 11) is 0. The zero-order valence-electron chi connectivity index (χ0n) is 74.0. The van der Waals surface area contributed by atoms with Crippen LogP contribution in [0.2, 0.25) is 0 Å². The number of para-hydroxylation sites is 2. The fraction of sp³-hybridized carbons (Fsp3) is 0.129. The van der Waals surface area contributed by atoms with Gasteiger partial charge in [0.05, 0.1) is 105 Å². The van der Waals surface area contributed by atoms with Gasteiger partial charge in [0.2, 0.25) is 40.6 Å². The fourth-order valence-corrected chi connectivity index (χ4v) is 16.1. The Balaban J connectivity index is 0.000000110. The van der Waals surface area contributed by atoms with E-state index >= 15 is 0 Å². The number of alkyl halides is 6. The molecule has 0 aliphatic rings. The Morgan fingerprint density at radius 2 is 0.732 bits per heavy atom. The van der Waals surface area contributed by atoms with E-state index in [0.717, 1.165) is 93.9 Å². The topological polar surface area (TPSA) is 386 Å². The van der Waals surface area contributed by atoms with Crippen molar-refractivity contribution < 1.29 is 81.2 Å². The van der Waals surface area contributed by atoms with Gasteiger partial charge in [-0.1, -0.05) is 129 Å². The third-order valence-corrected chi connectivity index (χ3v) is 22.3. The van der Waals surface area contributed by atoms with E-state index < -0.39 is 23.9 Å². The van der Waals surface area contributed by atoms with Crippen molar-refractivity contribution in [1.82, 2.24) is 90.6 Å². The number of hydrogen-bond acceptors (Lipinski definition) is 27. The molecular formula is C101H76F6N18O12S. The summed E-state index contributed by atoms with van der Waals surface area (Å²) in [6.07, 6.45) is -4.46. The lowest BCUT2D eigenvalue weighted by Crippen LogP contribution is -2.04. The van der Waals surface area contributed by atoms with Gasteiger partial charge in [0.1, 0.15) is 17.2 Å². The Kier molecular flexibility index (Phi) is 25.2. The predicted molar refractivity (Wildman–Crippen MR) is 502 cm³/mol. The molecule has 23 rings (SSSR count). The normalized spacial score (nSPS) is 11.5. The molecular weight excluding hydrogens is 1800 g/mol. The smallest absolute Gasteiger partial charge is 0.450 e. The molecule has 0 amide bonds. The van der Waals surface area contributed by atoms with Crippen molar-refractivity contribution in [2.24, 2.45) is 0 Å². The van der Waals surface area contributed by atoms with Gasteiger partial charge in [0.25, 0.3) is 29.5 Å². The molecule has 0 saturated heterocycles. The molecule has 0 saturated carbocycles. The van der Waals surface area contributed by atoms with Crippen LogP contribution < -0.4 is 18.9 Å². The van der Waals surface area contributed by atoms with Gasteiger partial charge in [0.15, 0.2) is 34.5 Å². The van der Waals surface area contributed by atoms with Crippen molar-refractivity contribution in [2.75, 3.05) is 26.4 Å². The van der Waals surface area contributed by atoms with Crippen molar-refractivity contribution in [2.45, 2.75) is 60.8 Å². The molecule has 0 aliphatic carbocycles. The van der Waals surface area contributed by atoms with E-state index in [1.165, 1.54) is 28.1 Å².